The summed E-state index contributed by atoms with van der Waals surface area (Å²) in [6, 6.07) is 11.4. The van der Waals surface area contributed by atoms with Gasteiger partial charge in [0.1, 0.15) is 12.1 Å². The van der Waals surface area contributed by atoms with Gasteiger partial charge in [-0.1, -0.05) is 28.9 Å². The fraction of sp³-hybridized carbons (Fsp3) is 0.0588. The van der Waals surface area contributed by atoms with Gasteiger partial charge in [0.2, 0.25) is 11.7 Å². The molecule has 7 heteroatoms. The molecule has 0 aliphatic rings. The molecule has 118 valence electrons. The van der Waals surface area contributed by atoms with E-state index in [0.717, 1.165) is 16.9 Å². The maximum atomic E-state index is 5.99. The minimum absolute atomic E-state index is 0.511. The molecule has 0 aliphatic heterocycles. The summed E-state index contributed by atoms with van der Waals surface area (Å²) in [5.74, 6) is 1.82. The van der Waals surface area contributed by atoms with Crippen LogP contribution < -0.4 is 0 Å². The van der Waals surface area contributed by atoms with E-state index in [4.69, 9.17) is 16.1 Å². The maximum absolute atomic E-state index is 5.99. The first-order chi connectivity index (χ1) is 11.8. The topological polar surface area (TPSA) is 69.6 Å². The number of nitrogens with zero attached hydrogens (tertiary/aromatic N) is 5. The molecule has 0 N–H and O–H groups in total. The van der Waals surface area contributed by atoms with Gasteiger partial charge in [0.05, 0.1) is 6.42 Å². The molecule has 0 aliphatic carbocycles. The summed E-state index contributed by atoms with van der Waals surface area (Å²) in [6.45, 7) is 0. The van der Waals surface area contributed by atoms with E-state index in [1.54, 1.807) is 18.7 Å². The molecule has 6 nitrogen and oxygen atoms in total. The highest BCUT2D eigenvalue weighted by atomic mass is 35.5. The zero-order valence-corrected chi connectivity index (χ0v) is 13.3. The first-order valence-corrected chi connectivity index (χ1v) is 7.67. The van der Waals surface area contributed by atoms with Gasteiger partial charge in [-0.15, -0.1) is 0 Å². The molecular formula is C17H12ClN5O. The predicted octanol–water partition coefficient (Wildman–Crippen LogP) is 3.56. The van der Waals surface area contributed by atoms with Crippen molar-refractivity contribution < 1.29 is 4.52 Å². The Morgan fingerprint density at radius 2 is 2.12 bits per heavy atom. The first kappa shape index (κ1) is 14.6. The zero-order valence-electron chi connectivity index (χ0n) is 12.5. The monoisotopic (exact) mass is 337 g/mol. The number of rotatable bonds is 4. The molecule has 0 saturated carbocycles. The van der Waals surface area contributed by atoms with Gasteiger partial charge in [-0.25, -0.2) is 9.97 Å². The van der Waals surface area contributed by atoms with E-state index in [0.29, 0.717) is 23.2 Å². The Bertz CT molecular complexity index is 947. The van der Waals surface area contributed by atoms with E-state index in [1.807, 2.05) is 47.2 Å². The molecule has 0 spiro atoms. The third-order valence-corrected chi connectivity index (χ3v) is 3.72. The summed E-state index contributed by atoms with van der Waals surface area (Å²) in [5.41, 5.74) is 1.81. The van der Waals surface area contributed by atoms with Crippen molar-refractivity contribution in [3.63, 3.8) is 0 Å². The van der Waals surface area contributed by atoms with Crippen molar-refractivity contribution in [3.8, 4) is 17.2 Å². The number of hydrogen-bond acceptors (Lipinski definition) is 5. The normalized spacial score (nSPS) is 10.9. The second kappa shape index (κ2) is 6.25. The Morgan fingerprint density at radius 3 is 2.88 bits per heavy atom. The molecular weight excluding hydrogens is 326 g/mol. The third-order valence-electron chi connectivity index (χ3n) is 3.49. The zero-order chi connectivity index (χ0) is 16.4. The Balaban J connectivity index is 1.54. The predicted molar refractivity (Wildman–Crippen MR) is 88.9 cm³/mol. The Labute approximate surface area is 142 Å². The lowest BCUT2D eigenvalue weighted by atomic mass is 10.1. The highest BCUT2D eigenvalue weighted by Gasteiger charge is 2.10. The van der Waals surface area contributed by atoms with Gasteiger partial charge in [0.15, 0.2) is 0 Å². The molecule has 0 amide bonds. The number of benzene rings is 1. The fourth-order valence-electron chi connectivity index (χ4n) is 2.33. The lowest BCUT2D eigenvalue weighted by molar-refractivity contribution is 0.385. The standard InChI is InChI=1S/C17H12ClN5O/c18-14-3-1-2-12(8-14)9-16-21-17(22-24-16)13-4-5-15(20-10-13)23-7-6-19-11-23/h1-8,10-11H,9H2. The lowest BCUT2D eigenvalue weighted by Gasteiger charge is -2.00. The summed E-state index contributed by atoms with van der Waals surface area (Å²) < 4.78 is 7.14. The van der Waals surface area contributed by atoms with Crippen LogP contribution >= 0.6 is 11.6 Å². The van der Waals surface area contributed by atoms with Crippen molar-refractivity contribution in [2.24, 2.45) is 0 Å². The number of halogens is 1. The number of pyridine rings is 1. The Morgan fingerprint density at radius 1 is 1.17 bits per heavy atom. The van der Waals surface area contributed by atoms with E-state index >= 15 is 0 Å². The van der Waals surface area contributed by atoms with Crippen molar-refractivity contribution in [2.75, 3.05) is 0 Å². The van der Waals surface area contributed by atoms with Gasteiger partial charge in [-0.2, -0.15) is 4.98 Å². The van der Waals surface area contributed by atoms with Crippen LogP contribution in [0.25, 0.3) is 17.2 Å². The quantitative estimate of drug-likeness (QED) is 0.569. The van der Waals surface area contributed by atoms with Crippen LogP contribution in [0.2, 0.25) is 5.02 Å². The summed E-state index contributed by atoms with van der Waals surface area (Å²) >= 11 is 5.99. The minimum Gasteiger partial charge on any atom is -0.339 e. The van der Waals surface area contributed by atoms with Crippen LogP contribution in [0.15, 0.2) is 65.8 Å². The Hall–Kier alpha value is -2.99. The number of hydrogen-bond donors (Lipinski definition) is 0. The van der Waals surface area contributed by atoms with Crippen molar-refractivity contribution in [1.82, 2.24) is 24.7 Å². The van der Waals surface area contributed by atoms with Crippen molar-refractivity contribution in [2.45, 2.75) is 6.42 Å². The molecule has 0 atom stereocenters. The molecule has 0 fully saturated rings. The highest BCUT2D eigenvalue weighted by molar-refractivity contribution is 6.30. The van der Waals surface area contributed by atoms with Crippen LogP contribution in [0.4, 0.5) is 0 Å². The molecule has 0 saturated heterocycles. The molecule has 0 unspecified atom stereocenters. The second-order valence-electron chi connectivity index (χ2n) is 5.19. The van der Waals surface area contributed by atoms with Crippen LogP contribution in [-0.2, 0) is 6.42 Å². The number of aromatic nitrogens is 5. The van der Waals surface area contributed by atoms with Gasteiger partial charge in [-0.05, 0) is 29.8 Å². The van der Waals surface area contributed by atoms with Crippen molar-refractivity contribution in [3.05, 3.63) is 77.8 Å². The maximum Gasteiger partial charge on any atom is 0.231 e. The highest BCUT2D eigenvalue weighted by Crippen LogP contribution is 2.18. The fourth-order valence-corrected chi connectivity index (χ4v) is 2.54. The second-order valence-corrected chi connectivity index (χ2v) is 5.63. The van der Waals surface area contributed by atoms with Crippen LogP contribution in [-0.4, -0.2) is 24.7 Å². The van der Waals surface area contributed by atoms with Gasteiger partial charge in [-0.3, -0.25) is 4.57 Å². The van der Waals surface area contributed by atoms with Gasteiger partial charge >= 0.3 is 0 Å². The average Bonchev–Trinajstić information content (AvgIpc) is 3.27. The molecule has 3 aromatic heterocycles. The molecule has 0 bridgehead atoms. The van der Waals surface area contributed by atoms with Crippen LogP contribution in [0.5, 0.6) is 0 Å². The summed E-state index contributed by atoms with van der Waals surface area (Å²) in [6.07, 6.45) is 7.48. The summed E-state index contributed by atoms with van der Waals surface area (Å²) in [7, 11) is 0. The lowest BCUT2D eigenvalue weighted by Crippen LogP contribution is -1.94. The first-order valence-electron chi connectivity index (χ1n) is 7.30. The Kier molecular flexibility index (Phi) is 3.80. The summed E-state index contributed by atoms with van der Waals surface area (Å²) in [5, 5.41) is 4.71. The molecule has 0 radical (unpaired) electrons. The van der Waals surface area contributed by atoms with Crippen LogP contribution in [0, 0.1) is 0 Å². The van der Waals surface area contributed by atoms with Crippen molar-refractivity contribution >= 4 is 11.6 Å². The third kappa shape index (κ3) is 3.04. The molecule has 3 heterocycles. The average molecular weight is 338 g/mol. The molecule has 4 rings (SSSR count). The van der Waals surface area contributed by atoms with E-state index < -0.39 is 0 Å². The largest absolute Gasteiger partial charge is 0.339 e. The molecule has 1 aromatic carbocycles. The van der Waals surface area contributed by atoms with E-state index in [9.17, 15) is 0 Å². The summed E-state index contributed by atoms with van der Waals surface area (Å²) in [4.78, 5) is 12.8. The SMILES string of the molecule is Clc1cccc(Cc2nc(-c3ccc(-n4ccnc4)nc3)no2)c1. The van der Waals surface area contributed by atoms with Crippen LogP contribution in [0.1, 0.15) is 11.5 Å². The van der Waals surface area contributed by atoms with E-state index in [2.05, 4.69) is 20.1 Å². The van der Waals surface area contributed by atoms with E-state index in [-0.39, 0.29) is 0 Å². The minimum atomic E-state index is 0.511. The van der Waals surface area contributed by atoms with Crippen LogP contribution in [0.3, 0.4) is 0 Å². The van der Waals surface area contributed by atoms with Gasteiger partial charge < -0.3 is 4.52 Å². The number of imidazole rings is 1. The van der Waals surface area contributed by atoms with Gasteiger partial charge in [0, 0.05) is 29.2 Å². The smallest absolute Gasteiger partial charge is 0.231 e. The molecule has 24 heavy (non-hydrogen) atoms. The molecule has 4 aromatic rings. The van der Waals surface area contributed by atoms with Crippen molar-refractivity contribution in [1.29, 1.82) is 0 Å². The van der Waals surface area contributed by atoms with Gasteiger partial charge in [0.25, 0.3) is 0 Å². The van der Waals surface area contributed by atoms with E-state index in [1.165, 1.54) is 0 Å².